The number of hydrogen-bond acceptors (Lipinski definition) is 6. The monoisotopic (exact) mass is 379 g/mol. The van der Waals surface area contributed by atoms with Crippen molar-refractivity contribution in [3.63, 3.8) is 0 Å². The second kappa shape index (κ2) is 6.13. The number of nitrogens with zero attached hydrogens (tertiary/aromatic N) is 4. The van der Waals surface area contributed by atoms with Crippen LogP contribution in [0.2, 0.25) is 0 Å². The number of halogens is 1. The zero-order valence-electron chi connectivity index (χ0n) is 12.1. The Hall–Kier alpha value is -1.80. The van der Waals surface area contributed by atoms with E-state index in [1.807, 2.05) is 38.1 Å². The first-order valence-electron chi connectivity index (χ1n) is 6.58. The summed E-state index contributed by atoms with van der Waals surface area (Å²) in [6.45, 7) is 3.82. The lowest BCUT2D eigenvalue weighted by Gasteiger charge is -2.05. The Kier molecular flexibility index (Phi) is 4.21. The van der Waals surface area contributed by atoms with Gasteiger partial charge in [-0.1, -0.05) is 45.0 Å². The van der Waals surface area contributed by atoms with Gasteiger partial charge in [-0.25, -0.2) is 4.68 Å². The van der Waals surface area contributed by atoms with Crippen LogP contribution in [0.1, 0.15) is 17.0 Å². The maximum absolute atomic E-state index is 6.13. The van der Waals surface area contributed by atoms with E-state index in [9.17, 15) is 0 Å². The Morgan fingerprint density at radius 3 is 2.73 bits per heavy atom. The topological polar surface area (TPSA) is 82.8 Å². The molecule has 0 saturated heterocycles. The van der Waals surface area contributed by atoms with E-state index in [0.717, 1.165) is 27.1 Å². The Labute approximate surface area is 140 Å². The minimum Gasteiger partial charge on any atom is -0.361 e. The van der Waals surface area contributed by atoms with Crippen molar-refractivity contribution in [3.8, 4) is 11.4 Å². The second-order valence-corrected chi connectivity index (χ2v) is 6.54. The van der Waals surface area contributed by atoms with Gasteiger partial charge < -0.3 is 10.4 Å². The predicted octanol–water partition coefficient (Wildman–Crippen LogP) is 3.32. The van der Waals surface area contributed by atoms with Crippen LogP contribution in [0.4, 0.5) is 0 Å². The van der Waals surface area contributed by atoms with Crippen molar-refractivity contribution >= 4 is 27.7 Å². The maximum atomic E-state index is 6.13. The third kappa shape index (κ3) is 2.76. The SMILES string of the molecule is Cc1noc(C)c1CSc1nnc(-c2ccccc2Br)n1N. The third-order valence-electron chi connectivity index (χ3n) is 3.31. The summed E-state index contributed by atoms with van der Waals surface area (Å²) in [5.41, 5.74) is 2.86. The molecule has 0 fully saturated rings. The number of aryl methyl sites for hydroxylation is 2. The number of rotatable bonds is 4. The Balaban J connectivity index is 1.84. The Morgan fingerprint density at radius 2 is 2.05 bits per heavy atom. The molecule has 0 aliphatic rings. The average molecular weight is 380 g/mol. The minimum absolute atomic E-state index is 0.619. The van der Waals surface area contributed by atoms with Crippen molar-refractivity contribution in [2.75, 3.05) is 5.84 Å². The largest absolute Gasteiger partial charge is 0.361 e. The molecule has 3 rings (SSSR count). The van der Waals surface area contributed by atoms with Crippen LogP contribution >= 0.6 is 27.7 Å². The first kappa shape index (κ1) is 15.1. The molecule has 2 heterocycles. The van der Waals surface area contributed by atoms with E-state index in [1.165, 1.54) is 16.4 Å². The van der Waals surface area contributed by atoms with Gasteiger partial charge in [0.05, 0.1) is 5.69 Å². The number of benzene rings is 1. The summed E-state index contributed by atoms with van der Waals surface area (Å²) in [7, 11) is 0. The summed E-state index contributed by atoms with van der Waals surface area (Å²) in [6, 6.07) is 7.77. The van der Waals surface area contributed by atoms with E-state index < -0.39 is 0 Å². The van der Waals surface area contributed by atoms with E-state index in [0.29, 0.717) is 16.7 Å². The number of thioether (sulfide) groups is 1. The van der Waals surface area contributed by atoms with Crippen LogP contribution in [0.15, 0.2) is 38.4 Å². The van der Waals surface area contributed by atoms with E-state index in [4.69, 9.17) is 10.4 Å². The fourth-order valence-electron chi connectivity index (χ4n) is 2.05. The molecule has 3 aromatic rings. The van der Waals surface area contributed by atoms with Crippen molar-refractivity contribution in [2.24, 2.45) is 0 Å². The zero-order chi connectivity index (χ0) is 15.7. The fraction of sp³-hybridized carbons (Fsp3) is 0.214. The Bertz CT molecular complexity index is 794. The molecule has 0 amide bonds. The lowest BCUT2D eigenvalue weighted by molar-refractivity contribution is 0.392. The summed E-state index contributed by atoms with van der Waals surface area (Å²) < 4.78 is 7.59. The van der Waals surface area contributed by atoms with E-state index in [1.54, 1.807) is 0 Å². The number of aromatic nitrogens is 4. The van der Waals surface area contributed by atoms with Gasteiger partial charge >= 0.3 is 0 Å². The fourth-order valence-corrected chi connectivity index (χ4v) is 3.52. The second-order valence-electron chi connectivity index (χ2n) is 4.75. The molecule has 0 aliphatic heterocycles. The van der Waals surface area contributed by atoms with Crippen molar-refractivity contribution in [2.45, 2.75) is 24.8 Å². The summed E-state index contributed by atoms with van der Waals surface area (Å²) in [5.74, 6) is 8.26. The molecule has 0 aliphatic carbocycles. The normalized spacial score (nSPS) is 11.0. The van der Waals surface area contributed by atoms with Gasteiger partial charge in [0.1, 0.15) is 5.76 Å². The van der Waals surface area contributed by atoms with Crippen LogP contribution in [0.5, 0.6) is 0 Å². The zero-order valence-corrected chi connectivity index (χ0v) is 14.5. The molecule has 8 heteroatoms. The molecule has 0 radical (unpaired) electrons. The number of nitrogens with two attached hydrogens (primary N) is 1. The first-order chi connectivity index (χ1) is 10.6. The quantitative estimate of drug-likeness (QED) is 0.552. The molecule has 2 aromatic heterocycles. The third-order valence-corrected chi connectivity index (χ3v) is 4.97. The number of nitrogen functional groups attached to an aromatic ring is 1. The minimum atomic E-state index is 0.619. The molecule has 114 valence electrons. The molecule has 1 aromatic carbocycles. The summed E-state index contributed by atoms with van der Waals surface area (Å²) in [4.78, 5) is 0. The molecule has 0 atom stereocenters. The smallest absolute Gasteiger partial charge is 0.210 e. The maximum Gasteiger partial charge on any atom is 0.210 e. The first-order valence-corrected chi connectivity index (χ1v) is 8.35. The van der Waals surface area contributed by atoms with Gasteiger partial charge in [-0.15, -0.1) is 10.2 Å². The van der Waals surface area contributed by atoms with Crippen molar-refractivity contribution < 1.29 is 4.52 Å². The highest BCUT2D eigenvalue weighted by molar-refractivity contribution is 9.10. The van der Waals surface area contributed by atoms with Gasteiger partial charge in [-0.05, 0) is 26.0 Å². The van der Waals surface area contributed by atoms with Crippen LogP contribution < -0.4 is 5.84 Å². The van der Waals surface area contributed by atoms with Gasteiger partial charge in [-0.2, -0.15) is 0 Å². The van der Waals surface area contributed by atoms with Gasteiger partial charge in [0.15, 0.2) is 5.82 Å². The lowest BCUT2D eigenvalue weighted by Crippen LogP contribution is -2.11. The molecule has 2 N–H and O–H groups in total. The molecular weight excluding hydrogens is 366 g/mol. The van der Waals surface area contributed by atoms with Crippen LogP contribution in [0, 0.1) is 13.8 Å². The van der Waals surface area contributed by atoms with Crippen molar-refractivity contribution in [1.29, 1.82) is 0 Å². The predicted molar refractivity (Wildman–Crippen MR) is 88.8 cm³/mol. The van der Waals surface area contributed by atoms with Gasteiger partial charge in [0.2, 0.25) is 5.16 Å². The van der Waals surface area contributed by atoms with Crippen LogP contribution in [0.25, 0.3) is 11.4 Å². The molecule has 22 heavy (non-hydrogen) atoms. The average Bonchev–Trinajstić information content (AvgIpc) is 3.02. The molecule has 0 saturated carbocycles. The van der Waals surface area contributed by atoms with E-state index >= 15 is 0 Å². The number of hydrogen-bond donors (Lipinski definition) is 1. The van der Waals surface area contributed by atoms with E-state index in [-0.39, 0.29) is 0 Å². The summed E-state index contributed by atoms with van der Waals surface area (Å²) >= 11 is 5.01. The van der Waals surface area contributed by atoms with Crippen LogP contribution in [-0.2, 0) is 5.75 Å². The molecular formula is C14H14BrN5OS. The van der Waals surface area contributed by atoms with Crippen molar-refractivity contribution in [1.82, 2.24) is 20.0 Å². The van der Waals surface area contributed by atoms with Crippen molar-refractivity contribution in [3.05, 3.63) is 45.8 Å². The molecule has 0 spiro atoms. The van der Waals surface area contributed by atoms with Gasteiger partial charge in [-0.3, -0.25) is 0 Å². The molecule has 6 nitrogen and oxygen atoms in total. The van der Waals surface area contributed by atoms with Gasteiger partial charge in [0.25, 0.3) is 0 Å². The Morgan fingerprint density at radius 1 is 1.27 bits per heavy atom. The summed E-state index contributed by atoms with van der Waals surface area (Å²) in [5, 5.41) is 13.0. The molecule has 0 unspecified atom stereocenters. The van der Waals surface area contributed by atoms with E-state index in [2.05, 4.69) is 31.3 Å². The highest BCUT2D eigenvalue weighted by Crippen LogP contribution is 2.29. The highest BCUT2D eigenvalue weighted by Gasteiger charge is 2.16. The lowest BCUT2D eigenvalue weighted by atomic mass is 10.2. The molecule has 0 bridgehead atoms. The summed E-state index contributed by atoms with van der Waals surface area (Å²) in [6.07, 6.45) is 0. The highest BCUT2D eigenvalue weighted by atomic mass is 79.9. The van der Waals surface area contributed by atoms with Crippen LogP contribution in [0.3, 0.4) is 0 Å². The standard InChI is InChI=1S/C14H14BrN5OS/c1-8-11(9(2)21-19-8)7-22-14-18-17-13(20(14)16)10-5-3-4-6-12(10)15/h3-6H,7,16H2,1-2H3. The van der Waals surface area contributed by atoms with Gasteiger partial charge in [0, 0.05) is 21.4 Å². The van der Waals surface area contributed by atoms with Crippen LogP contribution in [-0.4, -0.2) is 20.0 Å².